The SMILES string of the molecule is CC#C[C@@H]1CNC(=O)N1c1nc2c3c(ccc2s1)OCC(=O)N3C. The standard InChI is InChI=1S/C16H14N4O3S/c1-3-4-9-7-17-15(22)20(9)16-18-13-11(24-16)6-5-10-14(13)19(2)12(21)8-23-10/h5-6,9H,7-8H2,1-2H3,(H,17,22)/t9-/m1/s1. The summed E-state index contributed by atoms with van der Waals surface area (Å²) in [4.78, 5) is 31.8. The Kier molecular flexibility index (Phi) is 3.32. The minimum atomic E-state index is -0.241. The number of urea groups is 1. The molecule has 122 valence electrons. The maximum Gasteiger partial charge on any atom is 0.324 e. The van der Waals surface area contributed by atoms with Crippen molar-refractivity contribution in [2.75, 3.05) is 30.0 Å². The molecule has 1 aromatic carbocycles. The summed E-state index contributed by atoms with van der Waals surface area (Å²) >= 11 is 1.40. The number of aromatic nitrogens is 1. The van der Waals surface area contributed by atoms with Gasteiger partial charge in [-0.1, -0.05) is 17.3 Å². The molecule has 1 fully saturated rings. The molecule has 8 heteroatoms. The number of amides is 3. The zero-order valence-electron chi connectivity index (χ0n) is 13.1. The molecule has 3 amide bonds. The highest BCUT2D eigenvalue weighted by atomic mass is 32.1. The highest BCUT2D eigenvalue weighted by Gasteiger charge is 2.34. The Bertz CT molecular complexity index is 927. The zero-order chi connectivity index (χ0) is 16.8. The van der Waals surface area contributed by atoms with Crippen LogP contribution in [0.3, 0.4) is 0 Å². The summed E-state index contributed by atoms with van der Waals surface area (Å²) in [5.74, 6) is 6.36. The van der Waals surface area contributed by atoms with E-state index in [1.807, 2.05) is 12.1 Å². The van der Waals surface area contributed by atoms with Crippen molar-refractivity contribution in [3.8, 4) is 17.6 Å². The Morgan fingerprint density at radius 3 is 3.04 bits per heavy atom. The van der Waals surface area contributed by atoms with Crippen LogP contribution in [0.2, 0.25) is 0 Å². The quantitative estimate of drug-likeness (QED) is 0.799. The molecule has 0 radical (unpaired) electrons. The molecule has 2 aromatic rings. The van der Waals surface area contributed by atoms with E-state index in [9.17, 15) is 9.59 Å². The van der Waals surface area contributed by atoms with Gasteiger partial charge in [0.05, 0.1) is 11.2 Å². The highest BCUT2D eigenvalue weighted by Crippen LogP contribution is 2.42. The van der Waals surface area contributed by atoms with Crippen LogP contribution in [0.4, 0.5) is 15.6 Å². The third kappa shape index (κ3) is 2.09. The molecule has 2 aliphatic rings. The monoisotopic (exact) mass is 342 g/mol. The van der Waals surface area contributed by atoms with Gasteiger partial charge in [-0.2, -0.15) is 0 Å². The third-order valence-corrected chi connectivity index (χ3v) is 5.06. The minimum absolute atomic E-state index is 0.0225. The van der Waals surface area contributed by atoms with E-state index in [-0.39, 0.29) is 24.6 Å². The Morgan fingerprint density at radius 2 is 2.25 bits per heavy atom. The number of rotatable bonds is 1. The highest BCUT2D eigenvalue weighted by molar-refractivity contribution is 7.22. The Hall–Kier alpha value is -2.79. The largest absolute Gasteiger partial charge is 0.481 e. The average Bonchev–Trinajstić information content (AvgIpc) is 3.14. The number of anilines is 2. The minimum Gasteiger partial charge on any atom is -0.481 e. The summed E-state index contributed by atoms with van der Waals surface area (Å²) in [5, 5.41) is 3.35. The van der Waals surface area contributed by atoms with Crippen LogP contribution in [0.5, 0.6) is 5.75 Å². The topological polar surface area (TPSA) is 74.8 Å². The number of likely N-dealkylation sites (N-methyl/N-ethyl adjacent to an activating group) is 1. The Balaban J connectivity index is 1.86. The van der Waals surface area contributed by atoms with Gasteiger partial charge in [0.2, 0.25) is 0 Å². The second-order valence-electron chi connectivity index (χ2n) is 5.46. The molecule has 24 heavy (non-hydrogen) atoms. The molecule has 1 aromatic heterocycles. The van der Waals surface area contributed by atoms with Crippen molar-refractivity contribution in [1.29, 1.82) is 0 Å². The van der Waals surface area contributed by atoms with Crippen LogP contribution in [0.15, 0.2) is 12.1 Å². The van der Waals surface area contributed by atoms with E-state index in [4.69, 9.17) is 4.74 Å². The van der Waals surface area contributed by atoms with Gasteiger partial charge < -0.3 is 15.0 Å². The maximum atomic E-state index is 12.2. The van der Waals surface area contributed by atoms with Crippen molar-refractivity contribution in [2.45, 2.75) is 13.0 Å². The summed E-state index contributed by atoms with van der Waals surface area (Å²) < 4.78 is 6.37. The third-order valence-electron chi connectivity index (χ3n) is 4.04. The maximum absolute atomic E-state index is 12.2. The van der Waals surface area contributed by atoms with Gasteiger partial charge >= 0.3 is 6.03 Å². The van der Waals surface area contributed by atoms with Crippen LogP contribution in [0.1, 0.15) is 6.92 Å². The van der Waals surface area contributed by atoms with Gasteiger partial charge in [-0.05, 0) is 19.1 Å². The first-order valence-corrected chi connectivity index (χ1v) is 8.24. The van der Waals surface area contributed by atoms with E-state index in [2.05, 4.69) is 22.1 Å². The fourth-order valence-corrected chi connectivity index (χ4v) is 3.88. The molecule has 0 saturated carbocycles. The van der Waals surface area contributed by atoms with E-state index in [0.29, 0.717) is 28.6 Å². The lowest BCUT2D eigenvalue weighted by Gasteiger charge is -2.25. The number of benzene rings is 1. The van der Waals surface area contributed by atoms with Crippen molar-refractivity contribution < 1.29 is 14.3 Å². The molecule has 2 aliphatic heterocycles. The fourth-order valence-electron chi connectivity index (χ4n) is 2.86. The molecule has 3 heterocycles. The first-order valence-electron chi connectivity index (χ1n) is 7.42. The van der Waals surface area contributed by atoms with Gasteiger partial charge in [-0.15, -0.1) is 5.92 Å². The van der Waals surface area contributed by atoms with E-state index < -0.39 is 0 Å². The van der Waals surface area contributed by atoms with Gasteiger partial charge in [-0.3, -0.25) is 9.69 Å². The molecular formula is C16H14N4O3S. The van der Waals surface area contributed by atoms with Crippen molar-refractivity contribution in [3.63, 3.8) is 0 Å². The lowest BCUT2D eigenvalue weighted by atomic mass is 10.2. The van der Waals surface area contributed by atoms with E-state index in [1.54, 1.807) is 23.8 Å². The molecule has 1 saturated heterocycles. The summed E-state index contributed by atoms with van der Waals surface area (Å²) in [6, 6.07) is 3.27. The number of hydrogen-bond donors (Lipinski definition) is 1. The van der Waals surface area contributed by atoms with Crippen molar-refractivity contribution in [3.05, 3.63) is 12.1 Å². The molecule has 7 nitrogen and oxygen atoms in total. The van der Waals surface area contributed by atoms with Gasteiger partial charge in [0.25, 0.3) is 5.91 Å². The van der Waals surface area contributed by atoms with Crippen LogP contribution >= 0.6 is 11.3 Å². The normalized spacial score (nSPS) is 19.7. The van der Waals surface area contributed by atoms with E-state index in [0.717, 1.165) is 4.70 Å². The second kappa shape index (κ2) is 5.39. The average molecular weight is 342 g/mol. The molecule has 0 bridgehead atoms. The van der Waals surface area contributed by atoms with Crippen molar-refractivity contribution >= 4 is 44.3 Å². The number of ether oxygens (including phenoxy) is 1. The Morgan fingerprint density at radius 1 is 1.42 bits per heavy atom. The fraction of sp³-hybridized carbons (Fsp3) is 0.312. The summed E-state index contributed by atoms with van der Waals surface area (Å²) in [5.41, 5.74) is 1.30. The Labute approximate surface area is 142 Å². The second-order valence-corrected chi connectivity index (χ2v) is 6.47. The molecule has 1 N–H and O–H groups in total. The molecule has 1 atom stereocenters. The molecule has 4 rings (SSSR count). The molecular weight excluding hydrogens is 328 g/mol. The van der Waals surface area contributed by atoms with Crippen LogP contribution in [0, 0.1) is 11.8 Å². The summed E-state index contributed by atoms with van der Waals surface area (Å²) in [7, 11) is 1.70. The van der Waals surface area contributed by atoms with Gasteiger partial charge in [0.1, 0.15) is 23.0 Å². The number of carbonyl (C=O) groups excluding carboxylic acids is 2. The number of nitrogens with one attached hydrogen (secondary N) is 1. The zero-order valence-corrected chi connectivity index (χ0v) is 13.9. The van der Waals surface area contributed by atoms with Crippen LogP contribution in [0.25, 0.3) is 10.2 Å². The van der Waals surface area contributed by atoms with E-state index >= 15 is 0 Å². The lowest BCUT2D eigenvalue weighted by Crippen LogP contribution is -2.35. The number of nitrogens with zero attached hydrogens (tertiary/aromatic N) is 3. The molecule has 0 spiro atoms. The smallest absolute Gasteiger partial charge is 0.324 e. The molecule has 0 unspecified atom stereocenters. The number of hydrogen-bond acceptors (Lipinski definition) is 5. The first-order chi connectivity index (χ1) is 11.6. The number of fused-ring (bicyclic) bond motifs is 3. The molecule has 0 aliphatic carbocycles. The van der Waals surface area contributed by atoms with Crippen LogP contribution in [-0.4, -0.2) is 43.2 Å². The number of carbonyl (C=O) groups is 2. The lowest BCUT2D eigenvalue weighted by molar-refractivity contribution is -0.120. The van der Waals surface area contributed by atoms with Gasteiger partial charge in [0, 0.05) is 7.05 Å². The first kappa shape index (κ1) is 14.8. The van der Waals surface area contributed by atoms with Crippen molar-refractivity contribution in [1.82, 2.24) is 10.3 Å². The summed E-state index contributed by atoms with van der Waals surface area (Å²) in [6.45, 7) is 2.23. The van der Waals surface area contributed by atoms with Crippen LogP contribution < -0.4 is 19.9 Å². The van der Waals surface area contributed by atoms with Crippen molar-refractivity contribution in [2.24, 2.45) is 0 Å². The number of thiazole rings is 1. The predicted molar refractivity (Wildman–Crippen MR) is 91.6 cm³/mol. The van der Waals surface area contributed by atoms with Gasteiger partial charge in [0.15, 0.2) is 11.7 Å². The van der Waals surface area contributed by atoms with Gasteiger partial charge in [-0.25, -0.2) is 9.78 Å². The van der Waals surface area contributed by atoms with E-state index in [1.165, 1.54) is 11.3 Å². The summed E-state index contributed by atoms with van der Waals surface area (Å²) in [6.07, 6.45) is 0. The predicted octanol–water partition coefficient (Wildman–Crippen LogP) is 1.57. The van der Waals surface area contributed by atoms with Crippen LogP contribution in [-0.2, 0) is 4.79 Å².